The molecule has 0 bridgehead atoms. The number of rotatable bonds is 6. The molecule has 28 heavy (non-hydrogen) atoms. The second kappa shape index (κ2) is 9.01. The maximum atomic E-state index is 11.9. The van der Waals surface area contributed by atoms with Gasteiger partial charge in [0.15, 0.2) is 5.11 Å². The van der Waals surface area contributed by atoms with Crippen LogP contribution in [-0.2, 0) is 11.3 Å². The standard InChI is InChI=1S/C20H20N4O3S/c1-26-18-10-6-5-9-17(18)23-20(28)22-15-11-21-24(13-15)12-14-7-3-4-8-16(14)19(25)27-2/h3-11,13H,12H2,1-2H3,(H2,22,23,28). The van der Waals surface area contributed by atoms with Crippen LogP contribution < -0.4 is 15.4 Å². The first-order valence-electron chi connectivity index (χ1n) is 8.50. The third-order valence-corrected chi connectivity index (χ3v) is 4.21. The minimum atomic E-state index is -0.372. The van der Waals surface area contributed by atoms with Gasteiger partial charge in [-0.2, -0.15) is 5.10 Å². The van der Waals surface area contributed by atoms with Crippen molar-refractivity contribution >= 4 is 34.7 Å². The summed E-state index contributed by atoms with van der Waals surface area (Å²) in [5, 5.41) is 10.9. The summed E-state index contributed by atoms with van der Waals surface area (Å²) in [4.78, 5) is 11.9. The predicted octanol–water partition coefficient (Wildman–Crippen LogP) is 3.54. The molecule has 3 rings (SSSR count). The lowest BCUT2D eigenvalue weighted by Crippen LogP contribution is -2.19. The number of para-hydroxylation sites is 2. The second-order valence-electron chi connectivity index (χ2n) is 5.85. The third kappa shape index (κ3) is 4.66. The zero-order valence-corrected chi connectivity index (χ0v) is 16.3. The molecule has 1 aromatic heterocycles. The van der Waals surface area contributed by atoms with E-state index in [0.717, 1.165) is 16.9 Å². The summed E-state index contributed by atoms with van der Waals surface area (Å²) < 4.78 is 11.9. The first-order valence-corrected chi connectivity index (χ1v) is 8.91. The minimum absolute atomic E-state index is 0.372. The number of carbonyl (C=O) groups is 1. The van der Waals surface area contributed by atoms with Gasteiger partial charge in [0, 0.05) is 6.20 Å². The molecule has 0 saturated heterocycles. The SMILES string of the molecule is COC(=O)c1ccccc1Cn1cc(NC(=S)Nc2ccccc2OC)cn1. The van der Waals surface area contributed by atoms with Crippen LogP contribution in [0.3, 0.4) is 0 Å². The number of thiocarbonyl (C=S) groups is 1. The highest BCUT2D eigenvalue weighted by Gasteiger charge is 2.12. The molecule has 0 fully saturated rings. The van der Waals surface area contributed by atoms with Gasteiger partial charge >= 0.3 is 5.97 Å². The van der Waals surface area contributed by atoms with E-state index in [0.29, 0.717) is 23.0 Å². The molecule has 0 saturated carbocycles. The lowest BCUT2D eigenvalue weighted by Gasteiger charge is -2.12. The Hall–Kier alpha value is -3.39. The zero-order valence-electron chi connectivity index (χ0n) is 15.5. The molecular formula is C20H20N4O3S. The Morgan fingerprint density at radius 1 is 1.11 bits per heavy atom. The number of hydrogen-bond acceptors (Lipinski definition) is 5. The number of anilines is 2. The number of esters is 1. The molecular weight excluding hydrogens is 376 g/mol. The minimum Gasteiger partial charge on any atom is -0.495 e. The van der Waals surface area contributed by atoms with E-state index in [1.807, 2.05) is 42.6 Å². The lowest BCUT2D eigenvalue weighted by molar-refractivity contribution is 0.0599. The van der Waals surface area contributed by atoms with Crippen molar-refractivity contribution in [3.05, 3.63) is 72.1 Å². The normalized spacial score (nSPS) is 10.2. The van der Waals surface area contributed by atoms with E-state index in [-0.39, 0.29) is 5.97 Å². The number of nitrogens with zero attached hydrogens (tertiary/aromatic N) is 2. The van der Waals surface area contributed by atoms with Crippen LogP contribution in [0.2, 0.25) is 0 Å². The van der Waals surface area contributed by atoms with Crippen molar-refractivity contribution in [2.24, 2.45) is 0 Å². The topological polar surface area (TPSA) is 77.4 Å². The van der Waals surface area contributed by atoms with Crippen LogP contribution in [0.25, 0.3) is 0 Å². The molecule has 7 nitrogen and oxygen atoms in total. The molecule has 0 amide bonds. The Bertz CT molecular complexity index is 987. The molecule has 2 N–H and O–H groups in total. The van der Waals surface area contributed by atoms with E-state index in [2.05, 4.69) is 15.7 Å². The van der Waals surface area contributed by atoms with Crippen LogP contribution in [0.4, 0.5) is 11.4 Å². The van der Waals surface area contributed by atoms with Crippen molar-refractivity contribution in [1.82, 2.24) is 9.78 Å². The molecule has 3 aromatic rings. The highest BCUT2D eigenvalue weighted by molar-refractivity contribution is 7.80. The number of carbonyl (C=O) groups excluding carboxylic acids is 1. The van der Waals surface area contributed by atoms with Gasteiger partial charge in [-0.05, 0) is 36.0 Å². The van der Waals surface area contributed by atoms with Gasteiger partial charge in [0.2, 0.25) is 0 Å². The lowest BCUT2D eigenvalue weighted by atomic mass is 10.1. The average Bonchev–Trinajstić information content (AvgIpc) is 3.14. The van der Waals surface area contributed by atoms with E-state index in [1.165, 1.54) is 7.11 Å². The summed E-state index contributed by atoms with van der Waals surface area (Å²) in [6.07, 6.45) is 3.47. The molecule has 0 aliphatic rings. The highest BCUT2D eigenvalue weighted by atomic mass is 32.1. The van der Waals surface area contributed by atoms with Crippen molar-refractivity contribution < 1.29 is 14.3 Å². The molecule has 0 aliphatic carbocycles. The molecule has 8 heteroatoms. The summed E-state index contributed by atoms with van der Waals surface area (Å²) >= 11 is 5.36. The van der Waals surface area contributed by atoms with Crippen LogP contribution in [0.15, 0.2) is 60.9 Å². The molecule has 2 aromatic carbocycles. The largest absolute Gasteiger partial charge is 0.495 e. The Kier molecular flexibility index (Phi) is 6.23. The number of aromatic nitrogens is 2. The van der Waals surface area contributed by atoms with Crippen LogP contribution >= 0.6 is 12.2 Å². The zero-order chi connectivity index (χ0) is 19.9. The Labute approximate surface area is 168 Å². The Morgan fingerprint density at radius 3 is 2.64 bits per heavy atom. The smallest absolute Gasteiger partial charge is 0.338 e. The van der Waals surface area contributed by atoms with Crippen molar-refractivity contribution in [3.8, 4) is 5.75 Å². The monoisotopic (exact) mass is 396 g/mol. The number of nitrogens with one attached hydrogen (secondary N) is 2. The Balaban J connectivity index is 1.66. The van der Waals surface area contributed by atoms with E-state index in [9.17, 15) is 4.79 Å². The molecule has 1 heterocycles. The maximum absolute atomic E-state index is 11.9. The van der Waals surface area contributed by atoms with Crippen molar-refractivity contribution in [2.75, 3.05) is 24.9 Å². The van der Waals surface area contributed by atoms with Crippen LogP contribution in [-0.4, -0.2) is 35.1 Å². The van der Waals surface area contributed by atoms with Gasteiger partial charge < -0.3 is 20.1 Å². The second-order valence-corrected chi connectivity index (χ2v) is 6.26. The van der Waals surface area contributed by atoms with Crippen molar-refractivity contribution in [2.45, 2.75) is 6.54 Å². The Morgan fingerprint density at radius 2 is 1.86 bits per heavy atom. The summed E-state index contributed by atoms with van der Waals surface area (Å²) in [7, 11) is 2.97. The number of benzene rings is 2. The first kappa shape index (κ1) is 19.4. The fourth-order valence-corrected chi connectivity index (χ4v) is 2.92. The van der Waals surface area contributed by atoms with Crippen molar-refractivity contribution in [1.29, 1.82) is 0 Å². The van der Waals surface area contributed by atoms with Crippen molar-refractivity contribution in [3.63, 3.8) is 0 Å². The molecule has 0 atom stereocenters. The van der Waals surface area contributed by atoms with E-state index >= 15 is 0 Å². The summed E-state index contributed by atoms with van der Waals surface area (Å²) in [6, 6.07) is 14.8. The van der Waals surface area contributed by atoms with Crippen LogP contribution in [0.1, 0.15) is 15.9 Å². The van der Waals surface area contributed by atoms with Gasteiger partial charge in [-0.15, -0.1) is 0 Å². The molecule has 0 radical (unpaired) electrons. The maximum Gasteiger partial charge on any atom is 0.338 e. The van der Waals surface area contributed by atoms with Gasteiger partial charge in [-0.1, -0.05) is 30.3 Å². The van der Waals surface area contributed by atoms with Gasteiger partial charge in [0.1, 0.15) is 5.75 Å². The number of ether oxygens (including phenoxy) is 2. The number of hydrogen-bond donors (Lipinski definition) is 2. The average molecular weight is 396 g/mol. The van der Waals surface area contributed by atoms with Gasteiger partial charge in [0.05, 0.1) is 43.9 Å². The van der Waals surface area contributed by atoms with Gasteiger partial charge in [-0.3, -0.25) is 4.68 Å². The quantitative estimate of drug-likeness (QED) is 0.487. The number of methoxy groups -OCH3 is 2. The highest BCUT2D eigenvalue weighted by Crippen LogP contribution is 2.23. The summed E-state index contributed by atoms with van der Waals surface area (Å²) in [6.45, 7) is 0.430. The first-order chi connectivity index (χ1) is 13.6. The molecule has 144 valence electrons. The summed E-state index contributed by atoms with van der Waals surface area (Å²) in [5.41, 5.74) is 2.83. The van der Waals surface area contributed by atoms with Crippen LogP contribution in [0, 0.1) is 0 Å². The van der Waals surface area contributed by atoms with Gasteiger partial charge in [0.25, 0.3) is 0 Å². The van der Waals surface area contributed by atoms with E-state index in [4.69, 9.17) is 21.7 Å². The fourth-order valence-electron chi connectivity index (χ4n) is 2.69. The molecule has 0 spiro atoms. The van der Waals surface area contributed by atoms with E-state index in [1.54, 1.807) is 30.1 Å². The van der Waals surface area contributed by atoms with Gasteiger partial charge in [-0.25, -0.2) is 4.79 Å². The van der Waals surface area contributed by atoms with E-state index < -0.39 is 0 Å². The molecule has 0 aliphatic heterocycles. The fraction of sp³-hybridized carbons (Fsp3) is 0.150. The third-order valence-electron chi connectivity index (χ3n) is 4.00. The molecule has 0 unspecified atom stereocenters. The summed E-state index contributed by atoms with van der Waals surface area (Å²) in [5.74, 6) is 0.324. The van der Waals surface area contributed by atoms with Crippen LogP contribution in [0.5, 0.6) is 5.75 Å². The predicted molar refractivity (Wildman–Crippen MR) is 112 cm³/mol.